The van der Waals surface area contributed by atoms with Gasteiger partial charge in [0, 0.05) is 87.3 Å². The van der Waals surface area contributed by atoms with Crippen LogP contribution in [0.25, 0.3) is 11.6 Å². The van der Waals surface area contributed by atoms with Gasteiger partial charge < -0.3 is 25.5 Å². The predicted molar refractivity (Wildman–Crippen MR) is 200 cm³/mol. The van der Waals surface area contributed by atoms with E-state index in [1.807, 2.05) is 11.6 Å². The van der Waals surface area contributed by atoms with Crippen LogP contribution in [-0.4, -0.2) is 106 Å². The molecule has 16 nitrogen and oxygen atoms in total. The molecule has 0 bridgehead atoms. The van der Waals surface area contributed by atoms with Crippen LogP contribution in [0.5, 0.6) is 0 Å². The Hall–Kier alpha value is -4.85. The maximum Gasteiger partial charge on any atom is 0.416 e. The third-order valence-electron chi connectivity index (χ3n) is 11.5. The summed E-state index contributed by atoms with van der Waals surface area (Å²) in [6, 6.07) is 3.23. The van der Waals surface area contributed by atoms with Gasteiger partial charge in [-0.2, -0.15) is 22.4 Å². The summed E-state index contributed by atoms with van der Waals surface area (Å²) < 4.78 is 136. The van der Waals surface area contributed by atoms with Gasteiger partial charge in [-0.15, -0.1) is 5.10 Å². The number of tetrazole rings is 1. The van der Waals surface area contributed by atoms with E-state index in [-0.39, 0.29) is 36.7 Å². The van der Waals surface area contributed by atoms with E-state index in [9.17, 15) is 39.2 Å². The van der Waals surface area contributed by atoms with E-state index in [1.165, 1.54) is 17.2 Å². The van der Waals surface area contributed by atoms with Crippen LogP contribution in [0, 0.1) is 23.3 Å². The molecule has 2 aromatic carbocycles. The molecule has 0 unspecified atom stereocenters. The van der Waals surface area contributed by atoms with Crippen molar-refractivity contribution < 1.29 is 48.6 Å². The maximum absolute atomic E-state index is 14.2. The van der Waals surface area contributed by atoms with E-state index in [4.69, 9.17) is 25.9 Å². The van der Waals surface area contributed by atoms with E-state index >= 15 is 0 Å². The molecule has 4 N–H and O–H groups in total. The molecule has 7 heterocycles. The quantitative estimate of drug-likeness (QED) is 0.237. The van der Waals surface area contributed by atoms with Gasteiger partial charge in [0.05, 0.1) is 29.9 Å². The summed E-state index contributed by atoms with van der Waals surface area (Å²) in [6.45, 7) is 1.75. The summed E-state index contributed by atoms with van der Waals surface area (Å²) in [4.78, 5) is 8.45. The molecular formula is C37H41F7N12O4S. The van der Waals surface area contributed by atoms with Gasteiger partial charge in [0.15, 0.2) is 11.9 Å². The van der Waals surface area contributed by atoms with Gasteiger partial charge in [-0.3, -0.25) is 9.80 Å². The van der Waals surface area contributed by atoms with Crippen molar-refractivity contribution in [2.45, 2.75) is 87.7 Å². The van der Waals surface area contributed by atoms with Crippen LogP contribution in [0.1, 0.15) is 58.8 Å². The Morgan fingerprint density at radius 1 is 0.820 bits per heavy atom. The zero-order valence-electron chi connectivity index (χ0n) is 32.8. The number of benzene rings is 2. The third kappa shape index (κ3) is 8.40. The van der Waals surface area contributed by atoms with E-state index in [1.54, 1.807) is 11.7 Å². The summed E-state index contributed by atoms with van der Waals surface area (Å²) in [7, 11) is 0.112. The van der Waals surface area contributed by atoms with E-state index < -0.39 is 75.9 Å². The van der Waals surface area contributed by atoms with Crippen molar-refractivity contribution in [3.63, 3.8) is 0 Å². The molecule has 0 saturated carbocycles. The first-order chi connectivity index (χ1) is 28.8. The summed E-state index contributed by atoms with van der Waals surface area (Å²) in [5.41, 5.74) is 15.1. The van der Waals surface area contributed by atoms with Crippen LogP contribution in [0.4, 0.5) is 30.7 Å². The highest BCUT2D eigenvalue weighted by atomic mass is 32.2. The Morgan fingerprint density at radius 3 is 2.03 bits per heavy atom. The molecule has 0 spiro atoms. The topological polar surface area (TPSA) is 190 Å². The lowest BCUT2D eigenvalue weighted by atomic mass is 9.89. The fraction of sp³-hybridized carbons (Fsp3) is 0.486. The Labute approximate surface area is 344 Å². The first-order valence-electron chi connectivity index (χ1n) is 19.0. The van der Waals surface area contributed by atoms with Gasteiger partial charge in [0.2, 0.25) is 5.82 Å². The molecule has 24 heteroatoms. The number of aryl methyl sites for hydroxylation is 1. The first-order valence-corrected chi connectivity index (χ1v) is 20.9. The second-order valence-corrected chi connectivity index (χ2v) is 17.5. The highest BCUT2D eigenvalue weighted by Gasteiger charge is 2.54. The van der Waals surface area contributed by atoms with Crippen molar-refractivity contribution in [2.75, 3.05) is 12.9 Å². The SMILES string of the molecule is CS(=O)(=O)n1cc2c(n1)CN([C@@H]1C[C@H](N)[C@@H](c3cc(F)ccc3F)O[C@@H]1C(F)(F)F)C2.Cn1nnnc1-c1nc2c(n1C)CN([C@H]1CO[C@H](c3cc(F)ccc3F)[C@@H](N)C1)C2. The molecule has 2 fully saturated rings. The Morgan fingerprint density at radius 2 is 1.46 bits per heavy atom. The minimum absolute atomic E-state index is 0.0236. The van der Waals surface area contributed by atoms with Gasteiger partial charge in [0.1, 0.15) is 35.5 Å². The summed E-state index contributed by atoms with van der Waals surface area (Å²) in [5, 5.41) is 15.5. The van der Waals surface area contributed by atoms with Crippen molar-refractivity contribution in [2.24, 2.45) is 25.6 Å². The lowest BCUT2D eigenvalue weighted by Gasteiger charge is -2.44. The zero-order chi connectivity index (χ0) is 43.7. The molecule has 3 aromatic heterocycles. The summed E-state index contributed by atoms with van der Waals surface area (Å²) >= 11 is 0. The summed E-state index contributed by atoms with van der Waals surface area (Å²) in [5.74, 6) is -1.38. The molecule has 0 amide bonds. The van der Waals surface area contributed by atoms with E-state index in [0.717, 1.165) is 57.9 Å². The van der Waals surface area contributed by atoms with Crippen LogP contribution < -0.4 is 11.5 Å². The number of rotatable bonds is 6. The Balaban J connectivity index is 0.000000168. The number of nitrogens with zero attached hydrogens (tertiary/aromatic N) is 10. The Bertz CT molecular complexity index is 2530. The van der Waals surface area contributed by atoms with Crippen molar-refractivity contribution in [1.29, 1.82) is 0 Å². The number of hydrogen-bond acceptors (Lipinski definition) is 13. The van der Waals surface area contributed by atoms with Crippen LogP contribution in [0.3, 0.4) is 0 Å². The molecule has 7 atom stereocenters. The number of nitrogens with two attached hydrogens (primary N) is 2. The molecule has 4 aliphatic heterocycles. The number of fused-ring (bicyclic) bond motifs is 2. The van der Waals surface area contributed by atoms with Crippen LogP contribution in [-0.2, 0) is 59.8 Å². The fourth-order valence-electron chi connectivity index (χ4n) is 8.49. The van der Waals surface area contributed by atoms with Gasteiger partial charge in [-0.05, 0) is 59.7 Å². The minimum Gasteiger partial charge on any atom is -0.370 e. The molecule has 9 rings (SSSR count). The molecule has 4 aliphatic rings. The lowest BCUT2D eigenvalue weighted by Crippen LogP contribution is -2.58. The van der Waals surface area contributed by atoms with Gasteiger partial charge in [-0.1, -0.05) is 0 Å². The highest BCUT2D eigenvalue weighted by molar-refractivity contribution is 7.89. The first kappa shape index (κ1) is 42.8. The molecule has 0 radical (unpaired) electrons. The lowest BCUT2D eigenvalue weighted by molar-refractivity contribution is -0.269. The smallest absolute Gasteiger partial charge is 0.370 e. The number of aromatic nitrogens is 8. The average molecular weight is 883 g/mol. The van der Waals surface area contributed by atoms with Crippen molar-refractivity contribution in [3.8, 4) is 11.6 Å². The number of imidazole rings is 1. The van der Waals surface area contributed by atoms with Crippen LogP contribution >= 0.6 is 0 Å². The standard InChI is InChI=1S/C19H22F2N8O.C18H19F5N4O3S/c1-27-16-8-29(7-15(16)23-18(27)19-24-25-26-28(19)2)11-6-14(22)17(30-9-11)12-5-10(20)3-4-13(12)21;1-31(28,29)27-7-9-6-26(8-14(9)25-27)15-5-13(24)16(30-17(15)18(21,22)23)11-4-10(19)2-3-12(11)20/h3-5,11,14,17H,6-9,22H2,1-2H3;2-4,7,13,15-17H,5-6,8,24H2,1H3/t11-,14+,17-;13-,15+,16+,17-/m10/s1. The highest BCUT2D eigenvalue weighted by Crippen LogP contribution is 2.43. The average Bonchev–Trinajstić information content (AvgIpc) is 4.02. The number of alkyl halides is 3. The normalized spacial score (nSPS) is 25.9. The molecular weight excluding hydrogens is 842 g/mol. The van der Waals surface area contributed by atoms with E-state index in [0.29, 0.717) is 43.2 Å². The fourth-order valence-corrected chi connectivity index (χ4v) is 9.05. The number of halogens is 7. The molecule has 2 saturated heterocycles. The maximum atomic E-state index is 14.2. The molecule has 328 valence electrons. The van der Waals surface area contributed by atoms with Crippen molar-refractivity contribution in [1.82, 2.24) is 48.7 Å². The van der Waals surface area contributed by atoms with Crippen LogP contribution in [0.15, 0.2) is 42.6 Å². The van der Waals surface area contributed by atoms with Crippen molar-refractivity contribution >= 4 is 10.0 Å². The molecule has 5 aromatic rings. The van der Waals surface area contributed by atoms with Crippen LogP contribution in [0.2, 0.25) is 0 Å². The Kier molecular flexibility index (Phi) is 11.3. The van der Waals surface area contributed by atoms with Crippen molar-refractivity contribution in [3.05, 3.63) is 99.6 Å². The zero-order valence-corrected chi connectivity index (χ0v) is 33.7. The number of ether oxygens (including phenoxy) is 2. The second kappa shape index (κ2) is 16.1. The van der Waals surface area contributed by atoms with Gasteiger partial charge in [-0.25, -0.2) is 35.6 Å². The minimum atomic E-state index is -4.79. The third-order valence-corrected chi connectivity index (χ3v) is 12.4. The van der Waals surface area contributed by atoms with Gasteiger partial charge in [0.25, 0.3) is 10.0 Å². The van der Waals surface area contributed by atoms with Gasteiger partial charge >= 0.3 is 6.18 Å². The second-order valence-electron chi connectivity index (χ2n) is 15.7. The predicted octanol–water partition coefficient (Wildman–Crippen LogP) is 3.13. The summed E-state index contributed by atoms with van der Waals surface area (Å²) in [6.07, 6.45) is -6.57. The monoisotopic (exact) mass is 882 g/mol. The number of hydrogen-bond donors (Lipinski definition) is 2. The largest absolute Gasteiger partial charge is 0.416 e. The molecule has 61 heavy (non-hydrogen) atoms. The molecule has 0 aliphatic carbocycles. The van der Waals surface area contributed by atoms with E-state index in [2.05, 4.69) is 25.5 Å².